The molecule has 4 nitrogen and oxygen atoms in total. The van der Waals surface area contributed by atoms with Crippen LogP contribution < -0.4 is 10.4 Å². The van der Waals surface area contributed by atoms with E-state index >= 15 is 0 Å². The lowest BCUT2D eigenvalue weighted by Gasteiger charge is -2.49. The average Bonchev–Trinajstić information content (AvgIpc) is 3.15. The summed E-state index contributed by atoms with van der Waals surface area (Å²) in [4.78, 5) is 0. The van der Waals surface area contributed by atoms with Gasteiger partial charge in [-0.05, 0) is 45.9 Å². The molecule has 5 aromatic carbocycles. The van der Waals surface area contributed by atoms with Gasteiger partial charge >= 0.3 is 0 Å². The summed E-state index contributed by atoms with van der Waals surface area (Å²) in [7, 11) is -2.71. The molecule has 5 aromatic rings. The molecule has 6 rings (SSSR count). The van der Waals surface area contributed by atoms with Crippen LogP contribution in [0.1, 0.15) is 65.2 Å². The molecule has 1 fully saturated rings. The molecule has 0 radical (unpaired) electrons. The smallest absolute Gasteiger partial charge is 0.261 e. The first kappa shape index (κ1) is 36.9. The van der Waals surface area contributed by atoms with Crippen LogP contribution in [0.4, 0.5) is 0 Å². The lowest BCUT2D eigenvalue weighted by molar-refractivity contribution is -0.335. The minimum atomic E-state index is -2.71. The van der Waals surface area contributed by atoms with Gasteiger partial charge in [-0.15, -0.1) is 0 Å². The van der Waals surface area contributed by atoms with E-state index in [0.717, 1.165) is 16.7 Å². The molecule has 0 unspecified atom stereocenters. The zero-order valence-corrected chi connectivity index (χ0v) is 32.3. The Morgan fingerprint density at radius 1 is 0.627 bits per heavy atom. The maximum atomic E-state index is 7.41. The molecule has 0 bridgehead atoms. The molecule has 0 amide bonds. The van der Waals surface area contributed by atoms with Crippen molar-refractivity contribution in [3.63, 3.8) is 0 Å². The third-order valence-electron chi connectivity index (χ3n) is 10.5. The van der Waals surface area contributed by atoms with Gasteiger partial charge in [0.1, 0.15) is 5.60 Å². The van der Waals surface area contributed by atoms with Gasteiger partial charge in [-0.1, -0.05) is 186 Å². The summed E-state index contributed by atoms with van der Waals surface area (Å²) in [6.45, 7) is 16.5. The van der Waals surface area contributed by atoms with E-state index in [-0.39, 0.29) is 29.1 Å². The van der Waals surface area contributed by atoms with E-state index in [2.05, 4.69) is 186 Å². The first-order valence-electron chi connectivity index (χ1n) is 18.4. The van der Waals surface area contributed by atoms with Crippen LogP contribution in [-0.2, 0) is 24.2 Å². The van der Waals surface area contributed by atoms with Gasteiger partial charge in [-0.25, -0.2) is 0 Å². The molecule has 0 aliphatic carbocycles. The van der Waals surface area contributed by atoms with Crippen LogP contribution in [0.5, 0.6) is 0 Å². The summed E-state index contributed by atoms with van der Waals surface area (Å²) in [6, 6.07) is 53.3. The Balaban J connectivity index is 1.31. The zero-order chi connectivity index (χ0) is 36.1. The van der Waals surface area contributed by atoms with Crippen molar-refractivity contribution in [3.8, 4) is 0 Å². The molecule has 5 heteroatoms. The van der Waals surface area contributed by atoms with Crippen molar-refractivity contribution < 1.29 is 18.6 Å². The average molecular weight is 699 g/mol. The quantitative estimate of drug-likeness (QED) is 0.0962. The highest BCUT2D eigenvalue weighted by Gasteiger charge is 2.51. The van der Waals surface area contributed by atoms with Crippen molar-refractivity contribution in [1.82, 2.24) is 0 Å². The fourth-order valence-electron chi connectivity index (χ4n) is 8.06. The van der Waals surface area contributed by atoms with Gasteiger partial charge in [0.15, 0.2) is 5.79 Å². The van der Waals surface area contributed by atoms with Crippen LogP contribution in [-0.4, -0.2) is 39.5 Å². The molecule has 0 aromatic heterocycles. The van der Waals surface area contributed by atoms with Crippen LogP contribution in [0.15, 0.2) is 152 Å². The SMILES string of the molecule is C[C@H]1[C@@H]([C@@H](C)CO[Si](c2ccccc2)(c2ccccc2)C(C)(C)C)OC(C)(C)O[C@@H]1COC(c1ccccc1)(c1ccccc1)c1ccccc1. The molecule has 4 atom stereocenters. The standard InChI is InChI=1S/C46H54O4Si/c1-35(33-48-51(44(3,4)5,40-29-19-11-20-30-40)41-31-21-12-22-32-41)43-36(2)42(49-45(6,7)50-43)34-47-46(37-23-13-8-14-24-37,38-25-15-9-16-26-38)39-27-17-10-18-28-39/h8-32,35-36,42-43H,33-34H2,1-7H3/t35-,36+,42+,43+/m0/s1. The zero-order valence-electron chi connectivity index (χ0n) is 31.3. The number of hydrogen-bond acceptors (Lipinski definition) is 4. The highest BCUT2D eigenvalue weighted by atomic mass is 28.4. The summed E-state index contributed by atoms with van der Waals surface area (Å²) in [6.07, 6.45) is -0.329. The highest BCUT2D eigenvalue weighted by molar-refractivity contribution is 6.99. The monoisotopic (exact) mass is 698 g/mol. The number of rotatable bonds is 12. The Morgan fingerprint density at radius 3 is 1.41 bits per heavy atom. The molecule has 1 saturated heterocycles. The second-order valence-electron chi connectivity index (χ2n) is 15.5. The molecule has 0 spiro atoms. The van der Waals surface area contributed by atoms with Crippen molar-refractivity contribution in [2.45, 2.75) is 77.1 Å². The van der Waals surface area contributed by atoms with E-state index < -0.39 is 19.7 Å². The molecule has 1 heterocycles. The van der Waals surface area contributed by atoms with Crippen molar-refractivity contribution in [3.05, 3.63) is 168 Å². The van der Waals surface area contributed by atoms with E-state index in [4.69, 9.17) is 18.6 Å². The summed E-state index contributed by atoms with van der Waals surface area (Å²) in [5.41, 5.74) is 2.39. The van der Waals surface area contributed by atoms with E-state index in [9.17, 15) is 0 Å². The number of ether oxygens (including phenoxy) is 3. The summed E-state index contributed by atoms with van der Waals surface area (Å²) >= 11 is 0. The molecular weight excluding hydrogens is 645 g/mol. The Morgan fingerprint density at radius 2 is 1.02 bits per heavy atom. The Labute approximate surface area is 306 Å². The third kappa shape index (κ3) is 7.55. The van der Waals surface area contributed by atoms with Gasteiger partial charge < -0.3 is 18.6 Å². The van der Waals surface area contributed by atoms with Crippen molar-refractivity contribution in [1.29, 1.82) is 0 Å². The van der Waals surface area contributed by atoms with Crippen LogP contribution in [0.2, 0.25) is 5.04 Å². The van der Waals surface area contributed by atoms with E-state index in [0.29, 0.717) is 13.2 Å². The van der Waals surface area contributed by atoms with Crippen LogP contribution in [0.25, 0.3) is 0 Å². The maximum Gasteiger partial charge on any atom is 0.261 e. The van der Waals surface area contributed by atoms with E-state index in [1.165, 1.54) is 10.4 Å². The van der Waals surface area contributed by atoms with Gasteiger partial charge in [-0.2, -0.15) is 0 Å². The normalized spacial score (nSPS) is 20.1. The summed E-state index contributed by atoms with van der Waals surface area (Å²) in [5.74, 6) is -0.670. The molecular formula is C46H54O4Si. The minimum absolute atomic E-state index is 0.0378. The summed E-state index contributed by atoms with van der Waals surface area (Å²) < 4.78 is 28.2. The molecule has 1 aliphatic rings. The predicted octanol–water partition coefficient (Wildman–Crippen LogP) is 9.36. The van der Waals surface area contributed by atoms with Crippen LogP contribution >= 0.6 is 0 Å². The fraction of sp³-hybridized carbons (Fsp3) is 0.348. The highest BCUT2D eigenvalue weighted by Crippen LogP contribution is 2.43. The van der Waals surface area contributed by atoms with Gasteiger partial charge in [0.2, 0.25) is 0 Å². The molecule has 51 heavy (non-hydrogen) atoms. The second kappa shape index (κ2) is 15.4. The Kier molecular flexibility index (Phi) is 11.2. The van der Waals surface area contributed by atoms with Crippen molar-refractivity contribution in [2.24, 2.45) is 11.8 Å². The van der Waals surface area contributed by atoms with Gasteiger partial charge in [-0.3, -0.25) is 0 Å². The van der Waals surface area contributed by atoms with Gasteiger partial charge in [0, 0.05) is 18.4 Å². The first-order chi connectivity index (χ1) is 24.5. The largest absolute Gasteiger partial charge is 0.407 e. The Bertz CT molecular complexity index is 1650. The van der Waals surface area contributed by atoms with Gasteiger partial charge in [0.05, 0.1) is 18.8 Å². The van der Waals surface area contributed by atoms with Crippen molar-refractivity contribution in [2.75, 3.05) is 13.2 Å². The molecule has 266 valence electrons. The number of benzene rings is 5. The third-order valence-corrected chi connectivity index (χ3v) is 15.5. The first-order valence-corrected chi connectivity index (χ1v) is 20.3. The van der Waals surface area contributed by atoms with E-state index in [1.807, 2.05) is 13.8 Å². The van der Waals surface area contributed by atoms with Crippen LogP contribution in [0, 0.1) is 11.8 Å². The molecule has 0 saturated carbocycles. The number of hydrogen-bond donors (Lipinski definition) is 0. The van der Waals surface area contributed by atoms with Gasteiger partial charge in [0.25, 0.3) is 8.32 Å². The van der Waals surface area contributed by atoms with Crippen LogP contribution in [0.3, 0.4) is 0 Å². The lowest BCUT2D eigenvalue weighted by atomic mass is 9.80. The minimum Gasteiger partial charge on any atom is -0.407 e. The molecule has 0 N–H and O–H groups in total. The van der Waals surface area contributed by atoms with Crippen molar-refractivity contribution >= 4 is 18.7 Å². The van der Waals surface area contributed by atoms with E-state index in [1.54, 1.807) is 0 Å². The maximum absolute atomic E-state index is 7.41. The second-order valence-corrected chi connectivity index (χ2v) is 19.8. The Hall–Kier alpha value is -3.84. The topological polar surface area (TPSA) is 36.9 Å². The fourth-order valence-corrected chi connectivity index (χ4v) is 12.7. The molecule has 1 aliphatic heterocycles. The lowest BCUT2D eigenvalue weighted by Crippen LogP contribution is -2.67. The summed E-state index contributed by atoms with van der Waals surface area (Å²) in [5, 5.41) is 2.45. The predicted molar refractivity (Wildman–Crippen MR) is 211 cm³/mol.